The number of nitrogens with zero attached hydrogens (tertiary/aromatic N) is 3. The van der Waals surface area contributed by atoms with Gasteiger partial charge in [0.15, 0.2) is 6.23 Å². The van der Waals surface area contributed by atoms with Crippen molar-refractivity contribution < 1.29 is 150 Å². The van der Waals surface area contributed by atoms with E-state index >= 15 is 0 Å². The summed E-state index contributed by atoms with van der Waals surface area (Å²) in [7, 11) is -17.7. The van der Waals surface area contributed by atoms with Crippen LogP contribution in [0, 0.1) is 3.57 Å². The second-order valence-corrected chi connectivity index (χ2v) is 11.7. The smallest absolute Gasteiger partial charge is 0.756 e. The molecule has 3 heterocycles. The second kappa shape index (κ2) is 14.4. The molecule has 3 rings (SSSR count). The number of fused-ring (bicyclic) bond motifs is 1. The normalized spacial score (nSPS) is 26.9. The van der Waals surface area contributed by atoms with E-state index in [4.69, 9.17) is 15.4 Å². The summed E-state index contributed by atoms with van der Waals surface area (Å²) in [6.07, 6.45) is -3.45. The van der Waals surface area contributed by atoms with Crippen LogP contribution in [0.3, 0.4) is 0 Å². The number of nitrogen functional groups attached to an aromatic ring is 1. The predicted octanol–water partition coefficient (Wildman–Crippen LogP) is -11.3. The Balaban J connectivity index is 0.00000385. The third-order valence-corrected chi connectivity index (χ3v) is 8.51. The maximum Gasteiger partial charge on any atom is 1.00 e. The second-order valence-electron chi connectivity index (χ2n) is 6.21. The van der Waals surface area contributed by atoms with Crippen LogP contribution in [0.2, 0.25) is 0 Å². The summed E-state index contributed by atoms with van der Waals surface area (Å²) < 4.78 is 51.6. The summed E-state index contributed by atoms with van der Waals surface area (Å²) in [4.78, 5) is 49.6. The van der Waals surface area contributed by atoms with Gasteiger partial charge in [0.25, 0.3) is 23.5 Å². The van der Waals surface area contributed by atoms with E-state index < -0.39 is 54.6 Å². The van der Waals surface area contributed by atoms with E-state index in [2.05, 4.69) is 23.1 Å². The average Bonchev–Trinajstić information content (AvgIpc) is 3.09. The topological polar surface area (TPSA) is 275 Å². The Bertz CT molecular complexity index is 1170. The van der Waals surface area contributed by atoms with E-state index in [9.17, 15) is 38.6 Å². The molecule has 24 heteroatoms. The molecule has 1 fully saturated rings. The number of phosphoric ester groups is 1. The van der Waals surface area contributed by atoms with Crippen LogP contribution in [0.1, 0.15) is 6.23 Å². The first kappa shape index (κ1) is 37.4. The molecule has 0 saturated carbocycles. The molecule has 180 valence electrons. The first-order chi connectivity index (χ1) is 14.6. The summed E-state index contributed by atoms with van der Waals surface area (Å²) in [5, 5.41) is 21.0. The van der Waals surface area contributed by atoms with Gasteiger partial charge in [-0.1, -0.05) is 0 Å². The number of phosphoric acid groups is 3. The Morgan fingerprint density at radius 1 is 1.09 bits per heavy atom. The zero-order valence-electron chi connectivity index (χ0n) is 18.2. The van der Waals surface area contributed by atoms with Gasteiger partial charge in [-0.15, -0.1) is 0 Å². The van der Waals surface area contributed by atoms with E-state index in [1.54, 1.807) is 0 Å². The van der Waals surface area contributed by atoms with Gasteiger partial charge >= 0.3 is 88.7 Å². The van der Waals surface area contributed by atoms with Crippen LogP contribution in [-0.2, 0) is 31.6 Å². The van der Waals surface area contributed by atoms with Crippen molar-refractivity contribution in [3.05, 3.63) is 16.1 Å². The summed E-state index contributed by atoms with van der Waals surface area (Å²) >= 11 is 1.93. The number of aliphatic hydroxyl groups is 2. The van der Waals surface area contributed by atoms with E-state index in [1.807, 2.05) is 22.6 Å². The van der Waals surface area contributed by atoms with E-state index in [0.717, 1.165) is 6.33 Å². The number of halogens is 1. The van der Waals surface area contributed by atoms with Crippen molar-refractivity contribution in [1.29, 1.82) is 0 Å². The first-order valence-electron chi connectivity index (χ1n) is 8.11. The fourth-order valence-electron chi connectivity index (χ4n) is 2.80. The summed E-state index contributed by atoms with van der Waals surface area (Å²) in [5.74, 6) is 0.144. The molecule has 5 N–H and O–H groups in total. The zero-order valence-corrected chi connectivity index (χ0v) is 29.1. The van der Waals surface area contributed by atoms with Gasteiger partial charge in [0.05, 0.1) is 12.0 Å². The predicted molar refractivity (Wildman–Crippen MR) is 104 cm³/mol. The number of rotatable bonds is 8. The number of aliphatic hydroxyl groups excluding tert-OH is 2. The summed E-state index contributed by atoms with van der Waals surface area (Å²) in [6, 6.07) is 0. The molecule has 2 aromatic rings. The largest absolute Gasteiger partial charge is 1.00 e. The average molecular weight is 698 g/mol. The Morgan fingerprint density at radius 3 is 2.26 bits per heavy atom. The molecule has 1 aliphatic rings. The Hall–Kier alpha value is 2.44. The minimum atomic E-state index is -6.07. The van der Waals surface area contributed by atoms with Crippen LogP contribution in [0.25, 0.3) is 11.0 Å². The molecule has 0 aromatic carbocycles. The standard InChI is InChI=1S/C11H16IN4O13P3.3Na/c12-4-1-16(10-6(4)9(13)14-3-15-10)11-8(18)7(17)5(27-11)2-26-31(22,23)29-32(24,25)28-30(19,20)21;;;/h1,3,5,7-8,11,17-18H,2H2,(H,22,23)(H,24,25)(H2,13,14,15)(H2,19,20,21);;;/q;3*+1/p-3/t5-,7?,8+,11-;;;/m1.../s1. The number of hydrogen-bond acceptors (Lipinski definition) is 15. The fraction of sp³-hybridized carbons (Fsp3) is 0.455. The van der Waals surface area contributed by atoms with Crippen LogP contribution in [-0.4, -0.2) is 54.6 Å². The quantitative estimate of drug-likeness (QED) is 0.113. The third kappa shape index (κ3) is 9.79. The molecular weight excluding hydrogens is 685 g/mol. The zero-order chi connectivity index (χ0) is 24.1. The van der Waals surface area contributed by atoms with E-state index in [0.29, 0.717) is 8.96 Å². The van der Waals surface area contributed by atoms with Gasteiger partial charge in [-0.05, 0) is 22.6 Å². The van der Waals surface area contributed by atoms with Crippen molar-refractivity contribution in [2.75, 3.05) is 12.3 Å². The minimum absolute atomic E-state index is 0. The maximum absolute atomic E-state index is 11.7. The number of nitrogens with two attached hydrogens (primary N) is 1. The maximum atomic E-state index is 11.7. The molecule has 0 amide bonds. The van der Waals surface area contributed by atoms with Crippen molar-refractivity contribution in [3.8, 4) is 0 Å². The molecule has 7 atom stereocenters. The molecule has 0 radical (unpaired) electrons. The third-order valence-electron chi connectivity index (χ3n) is 4.00. The Kier molecular flexibility index (Phi) is 15.4. The van der Waals surface area contributed by atoms with Gasteiger partial charge in [0.2, 0.25) is 0 Å². The Morgan fingerprint density at radius 2 is 1.69 bits per heavy atom. The van der Waals surface area contributed by atoms with Gasteiger partial charge in [0.1, 0.15) is 36.1 Å². The van der Waals surface area contributed by atoms with Crippen LogP contribution >= 0.6 is 46.1 Å². The summed E-state index contributed by atoms with van der Waals surface area (Å²) in [5.41, 5.74) is 6.05. The Labute approximate surface area is 277 Å². The molecule has 4 unspecified atom stereocenters. The SMILES string of the molecule is Nc1ncnc2c1c(I)cn2[C@@H]1O[C@H](COP(=O)([O-])OP(=O)([O-])OP(=O)([O-])O)C(O)[C@@H]1O.[Na+].[Na+].[Na+]. The molecule has 1 saturated heterocycles. The van der Waals surface area contributed by atoms with Crippen molar-refractivity contribution >= 4 is 62.9 Å². The number of anilines is 1. The van der Waals surface area contributed by atoms with Crippen molar-refractivity contribution in [2.24, 2.45) is 0 Å². The monoisotopic (exact) mass is 698 g/mol. The van der Waals surface area contributed by atoms with E-state index in [-0.39, 0.29) is 100 Å². The van der Waals surface area contributed by atoms with Crippen LogP contribution in [0.5, 0.6) is 0 Å². The van der Waals surface area contributed by atoms with Crippen LogP contribution in [0.4, 0.5) is 5.82 Å². The fourth-order valence-corrected chi connectivity index (χ4v) is 6.52. The molecule has 0 bridgehead atoms. The van der Waals surface area contributed by atoms with E-state index in [1.165, 1.54) is 10.8 Å². The first-order valence-corrected chi connectivity index (χ1v) is 13.6. The van der Waals surface area contributed by atoms with Crippen molar-refractivity contribution in [2.45, 2.75) is 24.5 Å². The number of aromatic nitrogens is 3. The number of hydrogen-bond donors (Lipinski definition) is 4. The molecule has 1 aliphatic heterocycles. The summed E-state index contributed by atoms with van der Waals surface area (Å²) in [6.45, 7) is -1.04. The van der Waals surface area contributed by atoms with Crippen molar-refractivity contribution in [1.82, 2.24) is 14.5 Å². The molecule has 17 nitrogen and oxygen atoms in total. The molecule has 2 aromatic heterocycles. The van der Waals surface area contributed by atoms with Gasteiger partial charge in [-0.2, -0.15) is 0 Å². The van der Waals surface area contributed by atoms with Gasteiger partial charge in [0, 0.05) is 9.77 Å². The van der Waals surface area contributed by atoms with Crippen molar-refractivity contribution in [3.63, 3.8) is 0 Å². The van der Waals surface area contributed by atoms with Gasteiger partial charge in [-0.25, -0.2) is 18.6 Å². The number of ether oxygens (including phenoxy) is 1. The van der Waals surface area contributed by atoms with Gasteiger partial charge < -0.3 is 49.3 Å². The molecular formula is C11H13IN4Na3O13P3. The van der Waals surface area contributed by atoms with Gasteiger partial charge in [-0.3, -0.25) is 13.7 Å². The molecule has 0 aliphatic carbocycles. The minimum Gasteiger partial charge on any atom is -0.756 e. The molecule has 35 heavy (non-hydrogen) atoms. The van der Waals surface area contributed by atoms with Crippen LogP contribution in [0.15, 0.2) is 12.5 Å². The van der Waals surface area contributed by atoms with Crippen LogP contribution < -0.4 is 109 Å². The molecule has 0 spiro atoms.